The van der Waals surface area contributed by atoms with Crippen molar-refractivity contribution in [1.82, 2.24) is 29.2 Å². The van der Waals surface area contributed by atoms with E-state index in [0.29, 0.717) is 39.1 Å². The number of benzene rings is 2. The van der Waals surface area contributed by atoms with Crippen molar-refractivity contribution >= 4 is 61.3 Å². The van der Waals surface area contributed by atoms with Crippen LogP contribution in [-0.4, -0.2) is 56.7 Å². The highest BCUT2D eigenvalue weighted by Crippen LogP contribution is 2.37. The number of carbonyl (C=O) groups excluding carboxylic acids is 1. The lowest BCUT2D eigenvalue weighted by Crippen LogP contribution is -2.32. The zero-order chi connectivity index (χ0) is 36.3. The van der Waals surface area contributed by atoms with Gasteiger partial charge in [-0.05, 0) is 80.3 Å². The molecule has 1 amide bonds. The van der Waals surface area contributed by atoms with Gasteiger partial charge in [-0.2, -0.15) is 4.98 Å². The second kappa shape index (κ2) is 14.7. The van der Waals surface area contributed by atoms with E-state index in [4.69, 9.17) is 37.4 Å². The number of alkyl carbamates (subject to hydrolysis) is 1. The third-order valence-electron chi connectivity index (χ3n) is 7.43. The summed E-state index contributed by atoms with van der Waals surface area (Å²) >= 11 is 12.7. The van der Waals surface area contributed by atoms with E-state index in [1.165, 1.54) is 6.20 Å². The first kappa shape index (κ1) is 35.8. The van der Waals surface area contributed by atoms with Crippen LogP contribution in [0.2, 0.25) is 10.4 Å². The Morgan fingerprint density at radius 2 is 1.75 bits per heavy atom. The van der Waals surface area contributed by atoms with Crippen molar-refractivity contribution < 1.29 is 27.4 Å². The monoisotopic (exact) mass is 748 g/mol. The van der Waals surface area contributed by atoms with Crippen LogP contribution in [-0.2, 0) is 27.1 Å². The van der Waals surface area contributed by atoms with Gasteiger partial charge in [0.1, 0.15) is 35.0 Å². The van der Waals surface area contributed by atoms with E-state index in [9.17, 15) is 13.2 Å². The summed E-state index contributed by atoms with van der Waals surface area (Å²) in [6.07, 6.45) is 5.44. The maximum Gasteiger partial charge on any atom is 0.407 e. The molecule has 0 saturated heterocycles. The lowest BCUT2D eigenvalue weighted by atomic mass is 10.0. The first-order valence-corrected chi connectivity index (χ1v) is 18.2. The van der Waals surface area contributed by atoms with Crippen LogP contribution >= 0.6 is 23.2 Å². The van der Waals surface area contributed by atoms with Crippen molar-refractivity contribution in [1.29, 1.82) is 0 Å². The van der Waals surface area contributed by atoms with Gasteiger partial charge in [0.25, 0.3) is 0 Å². The Kier molecular flexibility index (Phi) is 10.3. The topological polar surface area (TPSA) is 147 Å². The van der Waals surface area contributed by atoms with Crippen LogP contribution in [0.1, 0.15) is 38.8 Å². The Morgan fingerprint density at radius 1 is 0.961 bits per heavy atom. The van der Waals surface area contributed by atoms with Crippen molar-refractivity contribution in [2.75, 3.05) is 6.61 Å². The van der Waals surface area contributed by atoms with E-state index < -0.39 is 21.7 Å². The lowest BCUT2D eigenvalue weighted by Gasteiger charge is -2.19. The molecule has 51 heavy (non-hydrogen) atoms. The maximum atomic E-state index is 13.7. The molecule has 0 spiro atoms. The largest absolute Gasteiger partial charge is 0.488 e. The number of amides is 1. The Labute approximate surface area is 304 Å². The minimum Gasteiger partial charge on any atom is -0.488 e. The predicted octanol–water partition coefficient (Wildman–Crippen LogP) is 7.60. The molecule has 264 valence electrons. The molecular formula is C36H34Cl2N6O6S. The standard InChI is InChI=1S/C36H34Cl2N6O6S/c1-22(20-48-27-12-24(15-39-17-27)16-41-35(45)50-36(2,3)4)49-28-14-26-13-25(10-11-30(26)40-18-28)29-19-44(33-31(29)32(37)42-34(38)43-33)51(46,47)21-23-8-6-5-7-9-23/h5-15,17-19,22H,16,20-21H2,1-4H3,(H,41,45)/t22-/m0/s1. The summed E-state index contributed by atoms with van der Waals surface area (Å²) in [5, 5.41) is 3.65. The fourth-order valence-electron chi connectivity index (χ4n) is 5.27. The van der Waals surface area contributed by atoms with Crippen molar-refractivity contribution in [3.05, 3.63) is 107 Å². The number of halogens is 2. The van der Waals surface area contributed by atoms with Crippen LogP contribution in [0.15, 0.2) is 85.5 Å². The number of hydrogen-bond acceptors (Lipinski definition) is 10. The fraction of sp³-hybridized carbons (Fsp3) is 0.250. The van der Waals surface area contributed by atoms with Gasteiger partial charge in [-0.1, -0.05) is 48.0 Å². The number of aromatic nitrogens is 5. The molecule has 6 rings (SSSR count). The average molecular weight is 750 g/mol. The number of fused-ring (bicyclic) bond motifs is 2. The number of nitrogens with one attached hydrogen (secondary N) is 1. The summed E-state index contributed by atoms with van der Waals surface area (Å²) in [7, 11) is -3.92. The fourth-order valence-corrected chi connectivity index (χ4v) is 7.16. The summed E-state index contributed by atoms with van der Waals surface area (Å²) in [6, 6.07) is 18.0. The molecule has 1 atom stereocenters. The van der Waals surface area contributed by atoms with Gasteiger partial charge in [-0.25, -0.2) is 22.2 Å². The molecule has 2 aromatic carbocycles. The van der Waals surface area contributed by atoms with E-state index in [-0.39, 0.29) is 41.1 Å². The van der Waals surface area contributed by atoms with E-state index in [1.54, 1.807) is 69.7 Å². The summed E-state index contributed by atoms with van der Waals surface area (Å²) in [6.45, 7) is 7.69. The number of rotatable bonds is 11. The van der Waals surface area contributed by atoms with Gasteiger partial charge >= 0.3 is 6.09 Å². The van der Waals surface area contributed by atoms with Gasteiger partial charge in [0.05, 0.1) is 29.0 Å². The van der Waals surface area contributed by atoms with Gasteiger partial charge in [0, 0.05) is 29.9 Å². The van der Waals surface area contributed by atoms with E-state index in [0.717, 1.165) is 14.9 Å². The third-order valence-corrected chi connectivity index (χ3v) is 9.45. The van der Waals surface area contributed by atoms with Crippen LogP contribution < -0.4 is 14.8 Å². The van der Waals surface area contributed by atoms with Gasteiger partial charge in [0.15, 0.2) is 5.65 Å². The van der Waals surface area contributed by atoms with E-state index >= 15 is 0 Å². The molecule has 6 aromatic rings. The van der Waals surface area contributed by atoms with Crippen molar-refractivity contribution in [2.24, 2.45) is 0 Å². The number of pyridine rings is 2. The molecule has 1 N–H and O–H groups in total. The molecule has 0 aliphatic heterocycles. The molecule has 0 fully saturated rings. The van der Waals surface area contributed by atoms with Crippen LogP contribution in [0.5, 0.6) is 11.5 Å². The Bertz CT molecular complexity index is 2330. The minimum atomic E-state index is -3.92. The normalized spacial score (nSPS) is 12.5. The van der Waals surface area contributed by atoms with Crippen LogP contribution in [0.4, 0.5) is 4.79 Å². The molecule has 0 unspecified atom stereocenters. The average Bonchev–Trinajstić information content (AvgIpc) is 3.47. The minimum absolute atomic E-state index is 0.0258. The summed E-state index contributed by atoms with van der Waals surface area (Å²) < 4.78 is 45.7. The first-order valence-electron chi connectivity index (χ1n) is 15.9. The molecule has 4 aromatic heterocycles. The van der Waals surface area contributed by atoms with Crippen LogP contribution in [0.3, 0.4) is 0 Å². The molecule has 0 bridgehead atoms. The second-order valence-corrected chi connectivity index (χ2v) is 15.3. The Balaban J connectivity index is 1.19. The molecule has 15 heteroatoms. The number of nitrogens with zero attached hydrogens (tertiary/aromatic N) is 5. The van der Waals surface area contributed by atoms with Crippen molar-refractivity contribution in [3.63, 3.8) is 0 Å². The smallest absolute Gasteiger partial charge is 0.407 e. The van der Waals surface area contributed by atoms with Gasteiger partial charge < -0.3 is 19.5 Å². The predicted molar refractivity (Wildman–Crippen MR) is 196 cm³/mol. The molecule has 0 radical (unpaired) electrons. The Hall–Kier alpha value is -4.98. The molecule has 0 saturated carbocycles. The molecule has 12 nitrogen and oxygen atoms in total. The molecular weight excluding hydrogens is 715 g/mol. The summed E-state index contributed by atoms with van der Waals surface area (Å²) in [5.41, 5.74) is 2.72. The molecule has 4 heterocycles. The Morgan fingerprint density at radius 3 is 2.51 bits per heavy atom. The lowest BCUT2D eigenvalue weighted by molar-refractivity contribution is 0.0523. The first-order chi connectivity index (χ1) is 24.2. The summed E-state index contributed by atoms with van der Waals surface area (Å²) in [5.74, 6) is 0.766. The maximum absolute atomic E-state index is 13.7. The zero-order valence-corrected chi connectivity index (χ0v) is 30.5. The SMILES string of the molecule is C[C@@H](COc1cncc(CNC(=O)OC(C)(C)C)c1)Oc1cnc2ccc(-c3cn(S(=O)(=O)Cc4ccccc4)c4nc(Cl)nc(Cl)c34)cc2c1. The zero-order valence-electron chi connectivity index (χ0n) is 28.1. The highest BCUT2D eigenvalue weighted by atomic mass is 35.5. The molecule has 0 aliphatic carbocycles. The molecule has 0 aliphatic rings. The number of ether oxygens (including phenoxy) is 3. The number of hydrogen-bond donors (Lipinski definition) is 1. The van der Waals surface area contributed by atoms with Gasteiger partial charge in [-0.3, -0.25) is 9.97 Å². The second-order valence-electron chi connectivity index (χ2n) is 12.8. The van der Waals surface area contributed by atoms with Crippen molar-refractivity contribution in [3.8, 4) is 22.6 Å². The van der Waals surface area contributed by atoms with Gasteiger partial charge in [0.2, 0.25) is 15.3 Å². The van der Waals surface area contributed by atoms with Gasteiger partial charge in [-0.15, -0.1) is 0 Å². The van der Waals surface area contributed by atoms with Crippen molar-refractivity contribution in [2.45, 2.75) is 51.7 Å². The number of carbonyl (C=O) groups is 1. The van der Waals surface area contributed by atoms with Crippen LogP contribution in [0.25, 0.3) is 33.1 Å². The highest BCUT2D eigenvalue weighted by molar-refractivity contribution is 7.89. The summed E-state index contributed by atoms with van der Waals surface area (Å²) in [4.78, 5) is 29.1. The van der Waals surface area contributed by atoms with E-state index in [1.807, 2.05) is 37.3 Å². The van der Waals surface area contributed by atoms with E-state index in [2.05, 4.69) is 25.3 Å². The quantitative estimate of drug-likeness (QED) is 0.104. The third kappa shape index (κ3) is 8.85. The van der Waals surface area contributed by atoms with Crippen LogP contribution in [0, 0.1) is 0 Å². The highest BCUT2D eigenvalue weighted by Gasteiger charge is 2.25.